The second kappa shape index (κ2) is 5.04. The predicted octanol–water partition coefficient (Wildman–Crippen LogP) is 3.10. The van der Waals surface area contributed by atoms with E-state index in [1.54, 1.807) is 7.11 Å². The summed E-state index contributed by atoms with van der Waals surface area (Å²) in [6, 6.07) is 8.32. The highest BCUT2D eigenvalue weighted by Gasteiger charge is 2.64. The van der Waals surface area contributed by atoms with Crippen LogP contribution in [0.25, 0.3) is 0 Å². The Kier molecular flexibility index (Phi) is 3.77. The van der Waals surface area contributed by atoms with Crippen LogP contribution in [0, 0.1) is 10.8 Å². The monoisotopic (exact) mass is 263 g/mol. The molecular formula is C16H25NO2. The molecule has 0 saturated heterocycles. The van der Waals surface area contributed by atoms with E-state index in [1.807, 2.05) is 24.3 Å². The molecule has 1 aliphatic rings. The van der Waals surface area contributed by atoms with E-state index in [9.17, 15) is 0 Å². The highest BCUT2D eigenvalue weighted by Crippen LogP contribution is 2.62. The van der Waals surface area contributed by atoms with Gasteiger partial charge >= 0.3 is 0 Å². The molecule has 1 aliphatic carbocycles. The summed E-state index contributed by atoms with van der Waals surface area (Å²) in [7, 11) is 1.66. The van der Waals surface area contributed by atoms with Gasteiger partial charge in [-0.25, -0.2) is 0 Å². The standard InChI is InChI=1S/C16H25NO2/c1-15(2)14(16(15,3)4)17-10-11-19-13-9-7-6-8-12(13)18-5/h6-9,14,17H,10-11H2,1-5H3. The summed E-state index contributed by atoms with van der Waals surface area (Å²) in [5.74, 6) is 1.59. The van der Waals surface area contributed by atoms with Gasteiger partial charge in [-0.2, -0.15) is 0 Å². The van der Waals surface area contributed by atoms with Crippen molar-refractivity contribution in [2.24, 2.45) is 10.8 Å². The average Bonchev–Trinajstić information content (AvgIpc) is 2.76. The minimum Gasteiger partial charge on any atom is -0.493 e. The van der Waals surface area contributed by atoms with Crippen LogP contribution in [0.1, 0.15) is 27.7 Å². The van der Waals surface area contributed by atoms with Gasteiger partial charge in [0.05, 0.1) is 7.11 Å². The molecule has 19 heavy (non-hydrogen) atoms. The number of rotatable bonds is 6. The molecule has 0 aromatic heterocycles. The number of hydrogen-bond acceptors (Lipinski definition) is 3. The molecule has 2 rings (SSSR count). The number of benzene rings is 1. The number of methoxy groups -OCH3 is 1. The van der Waals surface area contributed by atoms with Crippen molar-refractivity contribution in [3.05, 3.63) is 24.3 Å². The smallest absolute Gasteiger partial charge is 0.161 e. The Hall–Kier alpha value is -1.22. The predicted molar refractivity (Wildman–Crippen MR) is 77.8 cm³/mol. The zero-order valence-corrected chi connectivity index (χ0v) is 12.6. The summed E-state index contributed by atoms with van der Waals surface area (Å²) < 4.78 is 11.0. The maximum Gasteiger partial charge on any atom is 0.161 e. The van der Waals surface area contributed by atoms with Gasteiger partial charge in [0, 0.05) is 12.6 Å². The van der Waals surface area contributed by atoms with Crippen LogP contribution in [-0.4, -0.2) is 26.3 Å². The Morgan fingerprint density at radius 1 is 1.05 bits per heavy atom. The van der Waals surface area contributed by atoms with Crippen LogP contribution in [0.3, 0.4) is 0 Å². The molecule has 0 heterocycles. The van der Waals surface area contributed by atoms with Crippen molar-refractivity contribution in [1.82, 2.24) is 5.32 Å². The third-order valence-corrected chi connectivity index (χ3v) is 4.80. The van der Waals surface area contributed by atoms with E-state index < -0.39 is 0 Å². The first-order valence-electron chi connectivity index (χ1n) is 6.90. The molecule has 3 heteroatoms. The molecule has 0 aliphatic heterocycles. The molecule has 1 saturated carbocycles. The van der Waals surface area contributed by atoms with Gasteiger partial charge < -0.3 is 14.8 Å². The van der Waals surface area contributed by atoms with Crippen molar-refractivity contribution in [1.29, 1.82) is 0 Å². The van der Waals surface area contributed by atoms with Crippen molar-refractivity contribution >= 4 is 0 Å². The van der Waals surface area contributed by atoms with E-state index in [0.717, 1.165) is 18.0 Å². The quantitative estimate of drug-likeness (QED) is 0.800. The Morgan fingerprint density at radius 3 is 2.16 bits per heavy atom. The number of nitrogens with one attached hydrogen (secondary N) is 1. The second-order valence-electron chi connectivity index (χ2n) is 6.33. The first-order chi connectivity index (χ1) is 8.91. The topological polar surface area (TPSA) is 30.5 Å². The fourth-order valence-corrected chi connectivity index (χ4v) is 2.81. The normalized spacial score (nSPS) is 20.1. The van der Waals surface area contributed by atoms with Crippen LogP contribution in [0.2, 0.25) is 0 Å². The van der Waals surface area contributed by atoms with Crippen molar-refractivity contribution in [3.63, 3.8) is 0 Å². The van der Waals surface area contributed by atoms with E-state index in [4.69, 9.17) is 9.47 Å². The van der Waals surface area contributed by atoms with Gasteiger partial charge in [-0.15, -0.1) is 0 Å². The highest BCUT2D eigenvalue weighted by molar-refractivity contribution is 5.39. The number of ether oxygens (including phenoxy) is 2. The van der Waals surface area contributed by atoms with Gasteiger partial charge in [0.25, 0.3) is 0 Å². The molecule has 0 spiro atoms. The minimum atomic E-state index is 0.372. The lowest BCUT2D eigenvalue weighted by atomic mass is 10.0. The Bertz CT molecular complexity index is 426. The average molecular weight is 263 g/mol. The summed E-state index contributed by atoms with van der Waals surface area (Å²) in [6.07, 6.45) is 0. The summed E-state index contributed by atoms with van der Waals surface area (Å²) >= 11 is 0. The highest BCUT2D eigenvalue weighted by atomic mass is 16.5. The first-order valence-corrected chi connectivity index (χ1v) is 6.90. The molecule has 0 atom stereocenters. The zero-order valence-electron chi connectivity index (χ0n) is 12.6. The zero-order chi connectivity index (χ0) is 14.1. The molecule has 0 bridgehead atoms. The summed E-state index contributed by atoms with van der Waals surface area (Å²) in [5.41, 5.74) is 0.745. The SMILES string of the molecule is COc1ccccc1OCCNC1C(C)(C)C1(C)C. The lowest BCUT2D eigenvalue weighted by Crippen LogP contribution is -2.27. The molecule has 0 radical (unpaired) electrons. The molecule has 0 amide bonds. The van der Waals surface area contributed by atoms with E-state index in [2.05, 4.69) is 33.0 Å². The van der Waals surface area contributed by atoms with Crippen LogP contribution >= 0.6 is 0 Å². The third kappa shape index (κ3) is 2.57. The molecule has 1 aromatic rings. The van der Waals surface area contributed by atoms with E-state index in [-0.39, 0.29) is 0 Å². The Morgan fingerprint density at radius 2 is 1.63 bits per heavy atom. The van der Waals surface area contributed by atoms with Gasteiger partial charge in [0.15, 0.2) is 11.5 Å². The summed E-state index contributed by atoms with van der Waals surface area (Å²) in [4.78, 5) is 0. The van der Waals surface area contributed by atoms with Crippen molar-refractivity contribution in [2.75, 3.05) is 20.3 Å². The van der Waals surface area contributed by atoms with Crippen molar-refractivity contribution < 1.29 is 9.47 Å². The fourth-order valence-electron chi connectivity index (χ4n) is 2.81. The lowest BCUT2D eigenvalue weighted by molar-refractivity contribution is 0.289. The Labute approximate surface area is 116 Å². The van der Waals surface area contributed by atoms with Crippen LogP contribution in [0.15, 0.2) is 24.3 Å². The van der Waals surface area contributed by atoms with Gasteiger partial charge in [-0.1, -0.05) is 39.8 Å². The number of para-hydroxylation sites is 2. The van der Waals surface area contributed by atoms with Crippen molar-refractivity contribution in [3.8, 4) is 11.5 Å². The Balaban J connectivity index is 1.76. The molecule has 1 fully saturated rings. The second-order valence-corrected chi connectivity index (χ2v) is 6.33. The summed E-state index contributed by atoms with van der Waals surface area (Å²) in [5, 5.41) is 3.58. The first kappa shape index (κ1) is 14.2. The lowest BCUT2D eigenvalue weighted by Gasteiger charge is -2.11. The van der Waals surface area contributed by atoms with Crippen molar-refractivity contribution in [2.45, 2.75) is 33.7 Å². The van der Waals surface area contributed by atoms with Gasteiger partial charge in [-0.05, 0) is 23.0 Å². The van der Waals surface area contributed by atoms with Crippen LogP contribution < -0.4 is 14.8 Å². The molecule has 106 valence electrons. The maximum atomic E-state index is 5.76. The van der Waals surface area contributed by atoms with Crippen LogP contribution in [-0.2, 0) is 0 Å². The van der Waals surface area contributed by atoms with Gasteiger partial charge in [0.2, 0.25) is 0 Å². The van der Waals surface area contributed by atoms with Gasteiger partial charge in [0.1, 0.15) is 6.61 Å². The summed E-state index contributed by atoms with van der Waals surface area (Å²) in [6.45, 7) is 10.8. The maximum absolute atomic E-state index is 5.76. The van der Waals surface area contributed by atoms with E-state index in [0.29, 0.717) is 23.5 Å². The largest absolute Gasteiger partial charge is 0.493 e. The van der Waals surface area contributed by atoms with E-state index in [1.165, 1.54) is 0 Å². The molecule has 3 nitrogen and oxygen atoms in total. The van der Waals surface area contributed by atoms with Crippen LogP contribution in [0.4, 0.5) is 0 Å². The third-order valence-electron chi connectivity index (χ3n) is 4.80. The molecule has 1 N–H and O–H groups in total. The molecular weight excluding hydrogens is 238 g/mol. The van der Waals surface area contributed by atoms with Crippen LogP contribution in [0.5, 0.6) is 11.5 Å². The van der Waals surface area contributed by atoms with E-state index >= 15 is 0 Å². The molecule has 0 unspecified atom stereocenters. The number of hydrogen-bond donors (Lipinski definition) is 1. The van der Waals surface area contributed by atoms with Gasteiger partial charge in [-0.3, -0.25) is 0 Å². The minimum absolute atomic E-state index is 0.372. The fraction of sp³-hybridized carbons (Fsp3) is 0.625. The molecule has 1 aromatic carbocycles.